The van der Waals surface area contributed by atoms with Crippen LogP contribution in [-0.2, 0) is 14.3 Å². The summed E-state index contributed by atoms with van der Waals surface area (Å²) in [5.41, 5.74) is -0.577. The number of carbonyl (C=O) groups excluding carboxylic acids is 3. The van der Waals surface area contributed by atoms with Crippen molar-refractivity contribution in [2.24, 2.45) is 5.41 Å². The van der Waals surface area contributed by atoms with Crippen molar-refractivity contribution in [3.63, 3.8) is 0 Å². The van der Waals surface area contributed by atoms with Crippen LogP contribution in [0.2, 0.25) is 0 Å². The molecule has 7 heteroatoms. The summed E-state index contributed by atoms with van der Waals surface area (Å²) in [5.74, 6) is -0.290. The van der Waals surface area contributed by atoms with Crippen LogP contribution in [0.3, 0.4) is 0 Å². The molecule has 136 valence electrons. The van der Waals surface area contributed by atoms with Gasteiger partial charge in [0, 0.05) is 31.5 Å². The van der Waals surface area contributed by atoms with Gasteiger partial charge in [0.1, 0.15) is 5.60 Å². The molecule has 0 aromatic rings. The lowest BCUT2D eigenvalue weighted by atomic mass is 9.50. The first-order chi connectivity index (χ1) is 11.0. The molecular formula is C17H29N3O4. The van der Waals surface area contributed by atoms with E-state index < -0.39 is 11.7 Å². The van der Waals surface area contributed by atoms with Crippen molar-refractivity contribution >= 4 is 17.9 Å². The quantitative estimate of drug-likeness (QED) is 0.811. The van der Waals surface area contributed by atoms with Crippen molar-refractivity contribution < 1.29 is 19.1 Å². The number of hydrogen-bond donors (Lipinski definition) is 2. The highest BCUT2D eigenvalue weighted by Crippen LogP contribution is 2.56. The van der Waals surface area contributed by atoms with E-state index in [1.807, 2.05) is 20.8 Å². The third-order valence-corrected chi connectivity index (χ3v) is 5.09. The Balaban J connectivity index is 1.86. The molecule has 2 fully saturated rings. The third-order valence-electron chi connectivity index (χ3n) is 5.09. The topological polar surface area (TPSA) is 87.7 Å². The lowest BCUT2D eigenvalue weighted by molar-refractivity contribution is -0.136. The number of hydrogen-bond acceptors (Lipinski definition) is 4. The van der Waals surface area contributed by atoms with Gasteiger partial charge in [-0.25, -0.2) is 4.79 Å². The van der Waals surface area contributed by atoms with Gasteiger partial charge in [-0.3, -0.25) is 9.59 Å². The minimum atomic E-state index is -0.522. The molecule has 2 rings (SSSR count). The zero-order chi connectivity index (χ0) is 18.1. The fourth-order valence-electron chi connectivity index (χ4n) is 3.49. The Kier molecular flexibility index (Phi) is 5.11. The number of carbonyl (C=O) groups is 3. The Hall–Kier alpha value is -1.79. The number of likely N-dealkylation sites (N-methyl/N-ethyl adjacent to an activating group) is 1. The van der Waals surface area contributed by atoms with Crippen molar-refractivity contribution in [3.05, 3.63) is 0 Å². The summed E-state index contributed by atoms with van der Waals surface area (Å²) < 4.78 is 5.32. The molecule has 2 atom stereocenters. The standard InChI is InChI=1S/C17H29N3O4/c1-11(21)20(5)10-14(22)18-12-9-13(17(12)7-6-8-17)19-15(23)24-16(2,3)4/h12-13H,6-10H2,1-5H3,(H,18,22)(H,19,23). The van der Waals surface area contributed by atoms with Crippen LogP contribution in [0.5, 0.6) is 0 Å². The van der Waals surface area contributed by atoms with E-state index in [4.69, 9.17) is 4.74 Å². The Morgan fingerprint density at radius 2 is 1.75 bits per heavy atom. The van der Waals surface area contributed by atoms with Crippen LogP contribution in [0.1, 0.15) is 53.4 Å². The highest BCUT2D eigenvalue weighted by atomic mass is 16.6. The number of rotatable bonds is 4. The van der Waals surface area contributed by atoms with Gasteiger partial charge in [0.25, 0.3) is 0 Å². The number of ether oxygens (including phenoxy) is 1. The molecular weight excluding hydrogens is 310 g/mol. The molecule has 24 heavy (non-hydrogen) atoms. The minimum absolute atomic E-state index is 0.0388. The minimum Gasteiger partial charge on any atom is -0.444 e. The molecule has 0 radical (unpaired) electrons. The lowest BCUT2D eigenvalue weighted by Crippen LogP contribution is -2.72. The normalized spacial score (nSPS) is 24.4. The molecule has 0 aliphatic heterocycles. The Morgan fingerprint density at radius 1 is 1.17 bits per heavy atom. The first-order valence-corrected chi connectivity index (χ1v) is 8.54. The van der Waals surface area contributed by atoms with E-state index in [-0.39, 0.29) is 35.9 Å². The second-order valence-corrected chi connectivity index (χ2v) is 8.02. The molecule has 2 unspecified atom stereocenters. The largest absolute Gasteiger partial charge is 0.444 e. The Bertz CT molecular complexity index is 522. The van der Waals surface area contributed by atoms with Gasteiger partial charge in [-0.15, -0.1) is 0 Å². The van der Waals surface area contributed by atoms with Crippen molar-refractivity contribution in [3.8, 4) is 0 Å². The van der Waals surface area contributed by atoms with Crippen LogP contribution in [0, 0.1) is 5.41 Å². The SMILES string of the molecule is CC(=O)N(C)CC(=O)NC1CC(NC(=O)OC(C)(C)C)C12CCC2. The predicted molar refractivity (Wildman–Crippen MR) is 89.3 cm³/mol. The van der Waals surface area contributed by atoms with Crippen molar-refractivity contribution in [1.29, 1.82) is 0 Å². The van der Waals surface area contributed by atoms with Gasteiger partial charge in [0.2, 0.25) is 11.8 Å². The number of nitrogens with zero attached hydrogens (tertiary/aromatic N) is 1. The highest BCUT2D eigenvalue weighted by Gasteiger charge is 2.59. The molecule has 2 saturated carbocycles. The molecule has 2 aliphatic rings. The van der Waals surface area contributed by atoms with Crippen molar-refractivity contribution in [2.45, 2.75) is 71.1 Å². The zero-order valence-electron chi connectivity index (χ0n) is 15.3. The molecule has 0 aromatic carbocycles. The molecule has 0 bridgehead atoms. The monoisotopic (exact) mass is 339 g/mol. The Morgan fingerprint density at radius 3 is 2.21 bits per heavy atom. The highest BCUT2D eigenvalue weighted by molar-refractivity contribution is 5.84. The summed E-state index contributed by atoms with van der Waals surface area (Å²) >= 11 is 0. The molecule has 0 aromatic heterocycles. The number of nitrogens with one attached hydrogen (secondary N) is 2. The van der Waals surface area contributed by atoms with Gasteiger partial charge in [-0.05, 0) is 40.0 Å². The summed E-state index contributed by atoms with van der Waals surface area (Å²) in [6.45, 7) is 7.00. The maximum atomic E-state index is 12.1. The molecule has 2 aliphatic carbocycles. The van der Waals surface area contributed by atoms with Crippen LogP contribution in [0.15, 0.2) is 0 Å². The Labute approximate surface area is 143 Å². The van der Waals surface area contributed by atoms with Gasteiger partial charge in [0.15, 0.2) is 0 Å². The molecule has 7 nitrogen and oxygen atoms in total. The number of alkyl carbamates (subject to hydrolysis) is 1. The fourth-order valence-corrected chi connectivity index (χ4v) is 3.49. The van der Waals surface area contributed by atoms with Gasteiger partial charge in [-0.1, -0.05) is 6.42 Å². The summed E-state index contributed by atoms with van der Waals surface area (Å²) in [6, 6.07) is 0.0935. The predicted octanol–water partition coefficient (Wildman–Crippen LogP) is 1.42. The average Bonchev–Trinajstić information content (AvgIpc) is 2.32. The molecule has 0 heterocycles. The van der Waals surface area contributed by atoms with Gasteiger partial charge < -0.3 is 20.3 Å². The second-order valence-electron chi connectivity index (χ2n) is 8.02. The van der Waals surface area contributed by atoms with Crippen LogP contribution < -0.4 is 10.6 Å². The van der Waals surface area contributed by atoms with E-state index >= 15 is 0 Å². The first kappa shape index (κ1) is 18.5. The molecule has 1 spiro atoms. The van der Waals surface area contributed by atoms with E-state index in [0.717, 1.165) is 19.3 Å². The second kappa shape index (κ2) is 6.61. The lowest BCUT2D eigenvalue weighted by Gasteiger charge is -2.61. The summed E-state index contributed by atoms with van der Waals surface area (Å²) in [6.07, 6.45) is 3.38. The van der Waals surface area contributed by atoms with E-state index in [2.05, 4.69) is 10.6 Å². The molecule has 3 amide bonds. The van der Waals surface area contributed by atoms with Gasteiger partial charge >= 0.3 is 6.09 Å². The summed E-state index contributed by atoms with van der Waals surface area (Å²) in [7, 11) is 1.61. The van der Waals surface area contributed by atoms with E-state index in [0.29, 0.717) is 6.42 Å². The molecule has 2 N–H and O–H groups in total. The fraction of sp³-hybridized carbons (Fsp3) is 0.824. The summed E-state index contributed by atoms with van der Waals surface area (Å²) in [5, 5.41) is 5.97. The van der Waals surface area contributed by atoms with Crippen LogP contribution >= 0.6 is 0 Å². The van der Waals surface area contributed by atoms with Crippen LogP contribution in [0.25, 0.3) is 0 Å². The van der Waals surface area contributed by atoms with Crippen molar-refractivity contribution in [2.75, 3.05) is 13.6 Å². The molecule has 0 saturated heterocycles. The van der Waals surface area contributed by atoms with E-state index in [1.54, 1.807) is 7.05 Å². The van der Waals surface area contributed by atoms with E-state index in [1.165, 1.54) is 11.8 Å². The summed E-state index contributed by atoms with van der Waals surface area (Å²) in [4.78, 5) is 36.7. The van der Waals surface area contributed by atoms with Crippen LogP contribution in [-0.4, -0.2) is 54.1 Å². The first-order valence-electron chi connectivity index (χ1n) is 8.54. The maximum absolute atomic E-state index is 12.1. The van der Waals surface area contributed by atoms with Crippen LogP contribution in [0.4, 0.5) is 4.79 Å². The number of amides is 3. The van der Waals surface area contributed by atoms with Gasteiger partial charge in [0.05, 0.1) is 6.54 Å². The average molecular weight is 339 g/mol. The van der Waals surface area contributed by atoms with Gasteiger partial charge in [-0.2, -0.15) is 0 Å². The third kappa shape index (κ3) is 3.99. The maximum Gasteiger partial charge on any atom is 0.407 e. The van der Waals surface area contributed by atoms with E-state index in [9.17, 15) is 14.4 Å². The smallest absolute Gasteiger partial charge is 0.407 e. The van der Waals surface area contributed by atoms with Crippen molar-refractivity contribution in [1.82, 2.24) is 15.5 Å². The zero-order valence-corrected chi connectivity index (χ0v) is 15.3.